The molecule has 3 aromatic heterocycles. The number of fused-ring (bicyclic) bond motifs is 2. The van der Waals surface area contributed by atoms with Crippen LogP contribution in [0.1, 0.15) is 68.3 Å². The summed E-state index contributed by atoms with van der Waals surface area (Å²) in [4.78, 5) is 30.9. The molecule has 3 aliphatic carbocycles. The van der Waals surface area contributed by atoms with Crippen molar-refractivity contribution < 1.29 is 14.3 Å². The van der Waals surface area contributed by atoms with Gasteiger partial charge in [-0.15, -0.1) is 0 Å². The molecule has 3 saturated carbocycles. The highest BCUT2D eigenvalue weighted by molar-refractivity contribution is 6.07. The first-order valence-electron chi connectivity index (χ1n) is 12.2. The normalized spacial score (nSPS) is 27.9. The van der Waals surface area contributed by atoms with Crippen molar-refractivity contribution in [2.24, 2.45) is 0 Å². The van der Waals surface area contributed by atoms with Crippen LogP contribution >= 0.6 is 0 Å². The third-order valence-corrected chi connectivity index (χ3v) is 7.78. The Labute approximate surface area is 196 Å². The zero-order valence-corrected chi connectivity index (χ0v) is 19.1. The van der Waals surface area contributed by atoms with E-state index in [-0.39, 0.29) is 40.4 Å². The van der Waals surface area contributed by atoms with Crippen LogP contribution in [0.3, 0.4) is 0 Å². The van der Waals surface area contributed by atoms with Gasteiger partial charge in [-0.2, -0.15) is 10.1 Å². The maximum Gasteiger partial charge on any atom is 0.274 e. The number of ether oxygens (including phenoxy) is 2. The number of hydrogen-bond acceptors (Lipinski definition) is 6. The molecule has 2 bridgehead atoms. The summed E-state index contributed by atoms with van der Waals surface area (Å²) in [5.41, 5.74) is 0.758. The van der Waals surface area contributed by atoms with Crippen LogP contribution in [-0.4, -0.2) is 43.6 Å². The summed E-state index contributed by atoms with van der Waals surface area (Å²) in [6.07, 6.45) is 10.6. The molecule has 2 saturated heterocycles. The van der Waals surface area contributed by atoms with Crippen molar-refractivity contribution in [3.05, 3.63) is 46.5 Å². The lowest BCUT2D eigenvalue weighted by molar-refractivity contribution is 0.00381. The first-order valence-corrected chi connectivity index (χ1v) is 12.2. The fraction of sp³-hybridized carbons (Fsp3) is 0.520. The number of hydrogen-bond donors (Lipinski definition) is 1. The van der Waals surface area contributed by atoms with E-state index < -0.39 is 5.91 Å². The molecule has 5 aliphatic rings. The molecule has 2 aliphatic heterocycles. The van der Waals surface area contributed by atoms with E-state index in [0.717, 1.165) is 50.3 Å². The van der Waals surface area contributed by atoms with Crippen molar-refractivity contribution in [2.45, 2.75) is 75.2 Å². The molecule has 1 N–H and O–H groups in total. The third-order valence-electron chi connectivity index (χ3n) is 7.78. The summed E-state index contributed by atoms with van der Waals surface area (Å²) in [6, 6.07) is 5.45. The minimum Gasteiger partial charge on any atom is -0.474 e. The molecule has 0 spiro atoms. The van der Waals surface area contributed by atoms with Gasteiger partial charge in [0.05, 0.1) is 17.7 Å². The summed E-state index contributed by atoms with van der Waals surface area (Å²) >= 11 is 0. The second-order valence-corrected chi connectivity index (χ2v) is 10.6. The van der Waals surface area contributed by atoms with E-state index in [1.165, 1.54) is 0 Å². The lowest BCUT2D eigenvalue weighted by Crippen LogP contribution is -2.49. The number of aromatic nitrogens is 4. The minimum absolute atomic E-state index is 0.0524. The molecule has 9 nitrogen and oxygen atoms in total. The van der Waals surface area contributed by atoms with Crippen molar-refractivity contribution >= 4 is 22.6 Å². The van der Waals surface area contributed by atoms with Gasteiger partial charge in [-0.1, -0.05) is 0 Å². The van der Waals surface area contributed by atoms with E-state index in [2.05, 4.69) is 17.2 Å². The van der Waals surface area contributed by atoms with Gasteiger partial charge in [-0.05, 0) is 57.2 Å². The van der Waals surface area contributed by atoms with E-state index in [1.54, 1.807) is 29.0 Å². The van der Waals surface area contributed by atoms with Gasteiger partial charge in [-0.25, -0.2) is 0 Å². The fourth-order valence-electron chi connectivity index (χ4n) is 5.60. The summed E-state index contributed by atoms with van der Waals surface area (Å²) in [5, 5.41) is 8.32. The Kier molecular flexibility index (Phi) is 4.11. The van der Waals surface area contributed by atoms with Gasteiger partial charge in [0, 0.05) is 36.7 Å². The molecule has 1 amide bonds. The van der Waals surface area contributed by atoms with Crippen LogP contribution in [0.2, 0.25) is 0 Å². The van der Waals surface area contributed by atoms with Crippen molar-refractivity contribution in [1.29, 1.82) is 0 Å². The first kappa shape index (κ1) is 20.2. The molecule has 5 fully saturated rings. The standard InChI is InChI=1S/C25H27N5O4/c1-24-12-25(13-24,14-33-24)30-11-15-10-18(22(27-20(15)28-30)34-17-4-2-5-17)21(31)26-19-6-3-9-29(23(19)32)16-7-8-16/h3,6,9-11,16-17H,2,4-5,7-8,12-14H2,1H3,(H,26,31). The maximum atomic E-state index is 13.4. The summed E-state index contributed by atoms with van der Waals surface area (Å²) in [5.74, 6) is -0.127. The van der Waals surface area contributed by atoms with Gasteiger partial charge < -0.3 is 19.4 Å². The van der Waals surface area contributed by atoms with E-state index in [1.807, 2.05) is 10.9 Å². The fourth-order valence-corrected chi connectivity index (χ4v) is 5.60. The van der Waals surface area contributed by atoms with Crippen LogP contribution in [0.25, 0.3) is 11.0 Å². The smallest absolute Gasteiger partial charge is 0.274 e. The minimum atomic E-state index is -0.402. The predicted molar refractivity (Wildman–Crippen MR) is 124 cm³/mol. The highest BCUT2D eigenvalue weighted by Gasteiger charge is 2.61. The number of pyridine rings is 2. The Morgan fingerprint density at radius 2 is 2.09 bits per heavy atom. The largest absolute Gasteiger partial charge is 0.474 e. The number of carbonyl (C=O) groups excluding carboxylic acids is 1. The number of rotatable bonds is 6. The average Bonchev–Trinajstić information content (AvgIpc) is 3.30. The summed E-state index contributed by atoms with van der Waals surface area (Å²) in [7, 11) is 0. The van der Waals surface area contributed by atoms with Crippen LogP contribution in [0.15, 0.2) is 35.4 Å². The van der Waals surface area contributed by atoms with Gasteiger partial charge >= 0.3 is 0 Å². The highest BCUT2D eigenvalue weighted by Crippen LogP contribution is 2.55. The zero-order valence-electron chi connectivity index (χ0n) is 19.1. The SMILES string of the molecule is CC12CC(n3cc4cc(C(=O)Nc5cccn(C6CC6)c5=O)c(OC5CCC5)nc4n3)(CO1)C2. The Morgan fingerprint density at radius 1 is 1.26 bits per heavy atom. The quantitative estimate of drug-likeness (QED) is 0.604. The van der Waals surface area contributed by atoms with Crippen molar-refractivity contribution in [3.8, 4) is 5.88 Å². The van der Waals surface area contributed by atoms with Gasteiger partial charge in [-0.3, -0.25) is 14.3 Å². The molecule has 0 atom stereocenters. The van der Waals surface area contributed by atoms with Crippen LogP contribution in [-0.2, 0) is 10.3 Å². The zero-order chi connectivity index (χ0) is 23.1. The molecule has 9 heteroatoms. The second kappa shape index (κ2) is 6.91. The number of carbonyl (C=O) groups is 1. The lowest BCUT2D eigenvalue weighted by atomic mass is 9.69. The number of nitrogens with one attached hydrogen (secondary N) is 1. The molecular weight excluding hydrogens is 434 g/mol. The molecule has 8 rings (SSSR count). The maximum absolute atomic E-state index is 13.4. The third kappa shape index (κ3) is 3.10. The highest BCUT2D eigenvalue weighted by atomic mass is 16.5. The summed E-state index contributed by atoms with van der Waals surface area (Å²) in [6.45, 7) is 2.77. The number of anilines is 1. The Balaban J connectivity index is 1.24. The van der Waals surface area contributed by atoms with Crippen LogP contribution < -0.4 is 15.6 Å². The van der Waals surface area contributed by atoms with Gasteiger partial charge in [0.15, 0.2) is 5.65 Å². The summed E-state index contributed by atoms with van der Waals surface area (Å²) < 4.78 is 15.7. The van der Waals surface area contributed by atoms with Crippen LogP contribution in [0, 0.1) is 0 Å². The number of nitrogens with zero attached hydrogens (tertiary/aromatic N) is 4. The van der Waals surface area contributed by atoms with Crippen molar-refractivity contribution in [1.82, 2.24) is 19.3 Å². The van der Waals surface area contributed by atoms with Crippen LogP contribution in [0.5, 0.6) is 5.88 Å². The molecule has 0 unspecified atom stereocenters. The lowest BCUT2D eigenvalue weighted by Gasteiger charge is -2.42. The topological polar surface area (TPSA) is 100 Å². The average molecular weight is 462 g/mol. The van der Waals surface area contributed by atoms with E-state index >= 15 is 0 Å². The number of amides is 1. The molecule has 5 heterocycles. The monoisotopic (exact) mass is 461 g/mol. The molecule has 176 valence electrons. The van der Waals surface area contributed by atoms with Gasteiger partial charge in [0.1, 0.15) is 17.4 Å². The molecular formula is C25H27N5O4. The first-order chi connectivity index (χ1) is 16.4. The molecule has 0 radical (unpaired) electrons. The molecule has 3 aromatic rings. The van der Waals surface area contributed by atoms with Gasteiger partial charge in [0.25, 0.3) is 11.5 Å². The van der Waals surface area contributed by atoms with E-state index in [4.69, 9.17) is 14.6 Å². The predicted octanol–water partition coefficient (Wildman–Crippen LogP) is 3.39. The molecule has 34 heavy (non-hydrogen) atoms. The Morgan fingerprint density at radius 3 is 2.76 bits per heavy atom. The van der Waals surface area contributed by atoms with E-state index in [9.17, 15) is 9.59 Å². The van der Waals surface area contributed by atoms with Crippen LogP contribution in [0.4, 0.5) is 5.69 Å². The van der Waals surface area contributed by atoms with Crippen molar-refractivity contribution in [2.75, 3.05) is 11.9 Å². The Hall–Kier alpha value is -3.20. The Bertz CT molecular complexity index is 1380. The van der Waals surface area contributed by atoms with Gasteiger partial charge in [0.2, 0.25) is 5.88 Å². The van der Waals surface area contributed by atoms with Crippen molar-refractivity contribution in [3.63, 3.8) is 0 Å². The second-order valence-electron chi connectivity index (χ2n) is 10.6. The molecule has 0 aromatic carbocycles. The van der Waals surface area contributed by atoms with E-state index in [0.29, 0.717) is 17.8 Å².